The van der Waals surface area contributed by atoms with Crippen molar-refractivity contribution in [3.63, 3.8) is 0 Å². The van der Waals surface area contributed by atoms with Gasteiger partial charge in [0.25, 0.3) is 0 Å². The Bertz CT molecular complexity index is 909. The van der Waals surface area contributed by atoms with Crippen LogP contribution < -0.4 is 14.8 Å². The molecule has 0 saturated heterocycles. The van der Waals surface area contributed by atoms with E-state index in [4.69, 9.17) is 9.47 Å². The predicted molar refractivity (Wildman–Crippen MR) is 132 cm³/mol. The van der Waals surface area contributed by atoms with Crippen LogP contribution in [0.5, 0.6) is 11.5 Å². The zero-order chi connectivity index (χ0) is 24.4. The molecule has 0 aliphatic rings. The highest BCUT2D eigenvalue weighted by atomic mass is 16.5. The van der Waals surface area contributed by atoms with Crippen molar-refractivity contribution in [3.8, 4) is 11.5 Å². The standard InChI is InChI=1S/C27H38N2O4/c1-7-32-24-15-13-22(17-25(24)33-8-2)14-16-26(30)29(21(6)27(31)28-19(3)4)18-23-11-9-20(5)10-12-23/h9-13,15,17,19,21H,7-8,14,16,18H2,1-6H3,(H,28,31)/t21-/m0/s1. The Morgan fingerprint density at radius 1 is 0.909 bits per heavy atom. The third-order valence-electron chi connectivity index (χ3n) is 5.31. The Hall–Kier alpha value is -3.02. The summed E-state index contributed by atoms with van der Waals surface area (Å²) in [4.78, 5) is 27.7. The van der Waals surface area contributed by atoms with Gasteiger partial charge in [-0.15, -0.1) is 0 Å². The third kappa shape index (κ3) is 8.12. The maximum absolute atomic E-state index is 13.3. The predicted octanol–water partition coefficient (Wildman–Crippen LogP) is 4.67. The molecule has 2 amide bonds. The van der Waals surface area contributed by atoms with Crippen LogP contribution in [0.2, 0.25) is 0 Å². The molecule has 0 aliphatic carbocycles. The first kappa shape index (κ1) is 26.2. The molecule has 2 aromatic rings. The lowest BCUT2D eigenvalue weighted by Gasteiger charge is -2.29. The number of rotatable bonds is 12. The Kier molecular flexibility index (Phi) is 10.2. The Morgan fingerprint density at radius 2 is 1.52 bits per heavy atom. The number of amides is 2. The molecule has 1 atom stereocenters. The zero-order valence-electron chi connectivity index (χ0n) is 20.8. The van der Waals surface area contributed by atoms with Crippen LogP contribution >= 0.6 is 0 Å². The average molecular weight is 455 g/mol. The molecule has 0 radical (unpaired) electrons. The molecule has 6 heteroatoms. The lowest BCUT2D eigenvalue weighted by Crippen LogP contribution is -2.49. The molecular formula is C27H38N2O4. The Balaban J connectivity index is 2.17. The van der Waals surface area contributed by atoms with Crippen molar-refractivity contribution in [1.29, 1.82) is 0 Å². The number of hydrogen-bond donors (Lipinski definition) is 1. The molecular weight excluding hydrogens is 416 g/mol. The maximum Gasteiger partial charge on any atom is 0.242 e. The van der Waals surface area contributed by atoms with Gasteiger partial charge in [0.1, 0.15) is 6.04 Å². The highest BCUT2D eigenvalue weighted by molar-refractivity contribution is 5.87. The molecule has 0 aliphatic heterocycles. The molecule has 180 valence electrons. The fourth-order valence-corrected chi connectivity index (χ4v) is 3.52. The largest absolute Gasteiger partial charge is 0.490 e. The van der Waals surface area contributed by atoms with Gasteiger partial charge in [0.2, 0.25) is 11.8 Å². The summed E-state index contributed by atoms with van der Waals surface area (Å²) < 4.78 is 11.3. The topological polar surface area (TPSA) is 67.9 Å². The summed E-state index contributed by atoms with van der Waals surface area (Å²) in [6, 6.07) is 13.3. The number of nitrogens with one attached hydrogen (secondary N) is 1. The summed E-state index contributed by atoms with van der Waals surface area (Å²) in [5, 5.41) is 2.92. The smallest absolute Gasteiger partial charge is 0.242 e. The SMILES string of the molecule is CCOc1ccc(CCC(=O)N(Cc2ccc(C)cc2)[C@@H](C)C(=O)NC(C)C)cc1OCC. The van der Waals surface area contributed by atoms with Crippen LogP contribution in [0.15, 0.2) is 42.5 Å². The highest BCUT2D eigenvalue weighted by Crippen LogP contribution is 2.29. The minimum atomic E-state index is -0.569. The number of aryl methyl sites for hydroxylation is 2. The van der Waals surface area contributed by atoms with Crippen LogP contribution in [0.4, 0.5) is 0 Å². The van der Waals surface area contributed by atoms with Crippen LogP contribution in [0.1, 0.15) is 57.7 Å². The van der Waals surface area contributed by atoms with Gasteiger partial charge in [-0.05, 0) is 71.2 Å². The molecule has 2 aromatic carbocycles. The summed E-state index contributed by atoms with van der Waals surface area (Å²) in [6.07, 6.45) is 0.846. The fourth-order valence-electron chi connectivity index (χ4n) is 3.52. The maximum atomic E-state index is 13.3. The van der Waals surface area contributed by atoms with Gasteiger partial charge in [-0.2, -0.15) is 0 Å². The summed E-state index contributed by atoms with van der Waals surface area (Å²) in [7, 11) is 0. The minimum Gasteiger partial charge on any atom is -0.490 e. The third-order valence-corrected chi connectivity index (χ3v) is 5.31. The van der Waals surface area contributed by atoms with Crippen LogP contribution in [-0.4, -0.2) is 42.0 Å². The Labute approximate surface area is 198 Å². The van der Waals surface area contributed by atoms with E-state index in [-0.39, 0.29) is 17.9 Å². The molecule has 6 nitrogen and oxygen atoms in total. The summed E-state index contributed by atoms with van der Waals surface area (Å²) in [5.41, 5.74) is 3.14. The monoisotopic (exact) mass is 454 g/mol. The van der Waals surface area contributed by atoms with E-state index in [2.05, 4.69) is 5.32 Å². The number of carbonyl (C=O) groups excluding carboxylic acids is 2. The minimum absolute atomic E-state index is 0.0112. The van der Waals surface area contributed by atoms with Crippen LogP contribution in [-0.2, 0) is 22.6 Å². The van der Waals surface area contributed by atoms with Crippen LogP contribution in [0.25, 0.3) is 0 Å². The summed E-state index contributed by atoms with van der Waals surface area (Å²) in [6.45, 7) is 13.0. The molecule has 2 rings (SSSR count). The van der Waals surface area contributed by atoms with Gasteiger partial charge in [0.05, 0.1) is 13.2 Å². The first-order valence-electron chi connectivity index (χ1n) is 11.8. The van der Waals surface area contributed by atoms with E-state index in [0.29, 0.717) is 44.1 Å². The van der Waals surface area contributed by atoms with Gasteiger partial charge in [-0.25, -0.2) is 0 Å². The number of carbonyl (C=O) groups is 2. The lowest BCUT2D eigenvalue weighted by molar-refractivity contribution is -0.140. The molecule has 0 fully saturated rings. The van der Waals surface area contributed by atoms with Crippen molar-refractivity contribution in [3.05, 3.63) is 59.2 Å². The van der Waals surface area contributed by atoms with Gasteiger partial charge in [0, 0.05) is 19.0 Å². The number of hydrogen-bond acceptors (Lipinski definition) is 4. The van der Waals surface area contributed by atoms with E-state index in [1.165, 1.54) is 0 Å². The lowest BCUT2D eigenvalue weighted by atomic mass is 10.1. The average Bonchev–Trinajstić information content (AvgIpc) is 2.78. The van der Waals surface area contributed by atoms with Crippen molar-refractivity contribution in [2.75, 3.05) is 13.2 Å². The normalized spacial score (nSPS) is 11.7. The second-order valence-electron chi connectivity index (χ2n) is 8.49. The molecule has 1 N–H and O–H groups in total. The van der Waals surface area contributed by atoms with Gasteiger partial charge < -0.3 is 19.7 Å². The van der Waals surface area contributed by atoms with Crippen molar-refractivity contribution < 1.29 is 19.1 Å². The van der Waals surface area contributed by atoms with E-state index in [1.807, 2.05) is 77.1 Å². The molecule has 0 saturated carbocycles. The molecule has 0 aromatic heterocycles. The zero-order valence-corrected chi connectivity index (χ0v) is 20.8. The van der Waals surface area contributed by atoms with Gasteiger partial charge in [-0.3, -0.25) is 9.59 Å². The van der Waals surface area contributed by atoms with E-state index >= 15 is 0 Å². The molecule has 33 heavy (non-hydrogen) atoms. The van der Waals surface area contributed by atoms with Crippen molar-refractivity contribution in [2.24, 2.45) is 0 Å². The summed E-state index contributed by atoms with van der Waals surface area (Å²) >= 11 is 0. The highest BCUT2D eigenvalue weighted by Gasteiger charge is 2.26. The number of benzene rings is 2. The van der Waals surface area contributed by atoms with E-state index in [0.717, 1.165) is 16.7 Å². The summed E-state index contributed by atoms with van der Waals surface area (Å²) in [5.74, 6) is 1.18. The van der Waals surface area contributed by atoms with Crippen molar-refractivity contribution in [2.45, 2.75) is 73.0 Å². The molecule has 0 bridgehead atoms. The number of nitrogens with zero attached hydrogens (tertiary/aromatic N) is 1. The molecule has 0 unspecified atom stereocenters. The quantitative estimate of drug-likeness (QED) is 0.506. The molecule has 0 heterocycles. The first-order chi connectivity index (χ1) is 15.7. The first-order valence-corrected chi connectivity index (χ1v) is 11.8. The van der Waals surface area contributed by atoms with Gasteiger partial charge in [0.15, 0.2) is 11.5 Å². The second-order valence-corrected chi connectivity index (χ2v) is 8.49. The molecule has 0 spiro atoms. The van der Waals surface area contributed by atoms with Crippen molar-refractivity contribution >= 4 is 11.8 Å². The van der Waals surface area contributed by atoms with E-state index < -0.39 is 6.04 Å². The van der Waals surface area contributed by atoms with Crippen molar-refractivity contribution in [1.82, 2.24) is 10.2 Å². The number of ether oxygens (including phenoxy) is 2. The van der Waals surface area contributed by atoms with Crippen LogP contribution in [0, 0.1) is 6.92 Å². The van der Waals surface area contributed by atoms with Gasteiger partial charge >= 0.3 is 0 Å². The van der Waals surface area contributed by atoms with E-state index in [1.54, 1.807) is 11.8 Å². The second kappa shape index (κ2) is 12.9. The fraction of sp³-hybridized carbons (Fsp3) is 0.481. The van der Waals surface area contributed by atoms with Crippen LogP contribution in [0.3, 0.4) is 0 Å². The van der Waals surface area contributed by atoms with Gasteiger partial charge in [-0.1, -0.05) is 35.9 Å². The Morgan fingerprint density at radius 3 is 2.12 bits per heavy atom. The van der Waals surface area contributed by atoms with E-state index in [9.17, 15) is 9.59 Å².